The number of thiocarbonyl (C=S) groups is 1. The summed E-state index contributed by atoms with van der Waals surface area (Å²) in [4.78, 5) is 0.233. The van der Waals surface area contributed by atoms with Gasteiger partial charge in [-0.2, -0.15) is 4.31 Å². The molecule has 1 saturated heterocycles. The van der Waals surface area contributed by atoms with Crippen LogP contribution in [0.3, 0.4) is 0 Å². The number of aryl methyl sites for hydroxylation is 1. The molecular weight excluding hydrogens is 394 g/mol. The van der Waals surface area contributed by atoms with Crippen LogP contribution in [0.4, 0.5) is 11.4 Å². The summed E-state index contributed by atoms with van der Waals surface area (Å²) in [5.74, 6) is 0.520. The van der Waals surface area contributed by atoms with Crippen LogP contribution in [0.1, 0.15) is 24.8 Å². The van der Waals surface area contributed by atoms with E-state index >= 15 is 0 Å². The minimum absolute atomic E-state index is 0.233. The molecule has 0 unspecified atom stereocenters. The van der Waals surface area contributed by atoms with Gasteiger partial charge < -0.3 is 15.4 Å². The maximum absolute atomic E-state index is 13.0. The molecule has 2 aromatic rings. The van der Waals surface area contributed by atoms with Gasteiger partial charge in [0.15, 0.2) is 5.11 Å². The minimum Gasteiger partial charge on any atom is -0.495 e. The van der Waals surface area contributed by atoms with Gasteiger partial charge >= 0.3 is 0 Å². The van der Waals surface area contributed by atoms with E-state index in [-0.39, 0.29) is 4.90 Å². The molecule has 2 N–H and O–H groups in total. The topological polar surface area (TPSA) is 70.7 Å². The van der Waals surface area contributed by atoms with Gasteiger partial charge in [-0.25, -0.2) is 8.42 Å². The van der Waals surface area contributed by atoms with E-state index in [0.717, 1.165) is 30.5 Å². The predicted molar refractivity (Wildman–Crippen MR) is 117 cm³/mol. The summed E-state index contributed by atoms with van der Waals surface area (Å²) in [7, 11) is -2.00. The largest absolute Gasteiger partial charge is 0.495 e. The second-order valence-corrected chi connectivity index (χ2v) is 9.07. The van der Waals surface area contributed by atoms with E-state index in [2.05, 4.69) is 10.6 Å². The fraction of sp³-hybridized carbons (Fsp3) is 0.350. The first-order chi connectivity index (χ1) is 13.4. The standard InChI is InChI=1S/C20H25N3O3S2/c1-15-8-4-5-9-17(15)21-20(27)22-18-14-16(10-11-19(18)26-2)28(24,25)23-12-6-3-7-13-23/h4-5,8-11,14H,3,6-7,12-13H2,1-2H3,(H2,21,22,27). The van der Waals surface area contributed by atoms with Crippen molar-refractivity contribution in [1.82, 2.24) is 4.31 Å². The van der Waals surface area contributed by atoms with Crippen molar-refractivity contribution >= 4 is 38.7 Å². The number of ether oxygens (including phenoxy) is 1. The number of piperidine rings is 1. The Kier molecular flexibility index (Phi) is 6.53. The first-order valence-corrected chi connectivity index (χ1v) is 11.1. The smallest absolute Gasteiger partial charge is 0.243 e. The molecule has 8 heteroatoms. The lowest BCUT2D eigenvalue weighted by Crippen LogP contribution is -2.35. The van der Waals surface area contributed by atoms with Crippen molar-refractivity contribution in [2.24, 2.45) is 0 Å². The third kappa shape index (κ3) is 4.63. The Morgan fingerprint density at radius 2 is 1.71 bits per heavy atom. The van der Waals surface area contributed by atoms with E-state index in [1.165, 1.54) is 7.11 Å². The number of nitrogens with zero attached hydrogens (tertiary/aromatic N) is 1. The fourth-order valence-corrected chi connectivity index (χ4v) is 4.95. The Balaban J connectivity index is 1.83. The van der Waals surface area contributed by atoms with Crippen molar-refractivity contribution in [1.29, 1.82) is 0 Å². The molecule has 0 bridgehead atoms. The monoisotopic (exact) mass is 419 g/mol. The molecule has 2 aromatic carbocycles. The molecule has 1 fully saturated rings. The first-order valence-electron chi connectivity index (χ1n) is 9.23. The first kappa shape index (κ1) is 20.6. The van der Waals surface area contributed by atoms with Crippen molar-refractivity contribution in [3.05, 3.63) is 48.0 Å². The second-order valence-electron chi connectivity index (χ2n) is 6.72. The molecule has 150 valence electrons. The number of hydrogen-bond donors (Lipinski definition) is 2. The summed E-state index contributed by atoms with van der Waals surface area (Å²) in [6.07, 6.45) is 2.86. The molecule has 28 heavy (non-hydrogen) atoms. The average molecular weight is 420 g/mol. The van der Waals surface area contributed by atoms with Crippen LogP contribution in [0, 0.1) is 6.92 Å². The average Bonchev–Trinajstić information content (AvgIpc) is 2.70. The van der Waals surface area contributed by atoms with Crippen LogP contribution in [0.15, 0.2) is 47.4 Å². The fourth-order valence-electron chi connectivity index (χ4n) is 3.19. The molecule has 0 aliphatic carbocycles. The van der Waals surface area contributed by atoms with Gasteiger partial charge in [0.25, 0.3) is 0 Å². The Hall–Kier alpha value is -2.16. The van der Waals surface area contributed by atoms with E-state index < -0.39 is 10.0 Å². The summed E-state index contributed by atoms with van der Waals surface area (Å²) in [6.45, 7) is 3.10. The summed E-state index contributed by atoms with van der Waals surface area (Å²) in [5, 5.41) is 6.56. The van der Waals surface area contributed by atoms with Crippen molar-refractivity contribution in [3.8, 4) is 5.75 Å². The zero-order chi connectivity index (χ0) is 20.1. The minimum atomic E-state index is -3.54. The quantitative estimate of drug-likeness (QED) is 0.714. The Bertz CT molecular complexity index is 955. The van der Waals surface area contributed by atoms with Gasteiger partial charge in [0, 0.05) is 18.8 Å². The van der Waals surface area contributed by atoms with Gasteiger partial charge in [-0.1, -0.05) is 24.6 Å². The Morgan fingerprint density at radius 1 is 1.04 bits per heavy atom. The van der Waals surface area contributed by atoms with Crippen molar-refractivity contribution in [2.45, 2.75) is 31.1 Å². The normalized spacial score (nSPS) is 15.1. The number of methoxy groups -OCH3 is 1. The molecule has 0 saturated carbocycles. The zero-order valence-corrected chi connectivity index (χ0v) is 17.7. The molecule has 1 aliphatic rings. The summed E-state index contributed by atoms with van der Waals surface area (Å²) < 4.78 is 32.9. The van der Waals surface area contributed by atoms with Gasteiger partial charge in [0.2, 0.25) is 10.0 Å². The summed E-state index contributed by atoms with van der Waals surface area (Å²) in [5.41, 5.74) is 2.45. The number of benzene rings is 2. The number of para-hydroxylation sites is 1. The number of sulfonamides is 1. The summed E-state index contributed by atoms with van der Waals surface area (Å²) >= 11 is 5.41. The zero-order valence-electron chi connectivity index (χ0n) is 16.1. The van der Waals surface area contributed by atoms with Gasteiger partial charge in [0.1, 0.15) is 5.75 Å². The van der Waals surface area contributed by atoms with Crippen LogP contribution in [0.5, 0.6) is 5.75 Å². The SMILES string of the molecule is COc1ccc(S(=O)(=O)N2CCCCC2)cc1NC(=S)Nc1ccccc1C. The van der Waals surface area contributed by atoms with Crippen LogP contribution in [-0.2, 0) is 10.0 Å². The lowest BCUT2D eigenvalue weighted by molar-refractivity contribution is 0.346. The van der Waals surface area contributed by atoms with Crippen molar-refractivity contribution in [2.75, 3.05) is 30.8 Å². The highest BCUT2D eigenvalue weighted by Gasteiger charge is 2.26. The van der Waals surface area contributed by atoms with Crippen LogP contribution >= 0.6 is 12.2 Å². The molecular formula is C20H25N3O3S2. The molecule has 1 aliphatic heterocycles. The third-order valence-electron chi connectivity index (χ3n) is 4.77. The lowest BCUT2D eigenvalue weighted by Gasteiger charge is -2.26. The molecule has 1 heterocycles. The lowest BCUT2D eigenvalue weighted by atomic mass is 10.2. The Morgan fingerprint density at radius 3 is 2.39 bits per heavy atom. The van der Waals surface area contributed by atoms with E-state index in [1.807, 2.05) is 31.2 Å². The van der Waals surface area contributed by atoms with E-state index in [9.17, 15) is 8.42 Å². The number of nitrogens with one attached hydrogen (secondary N) is 2. The van der Waals surface area contributed by atoms with Crippen LogP contribution in [0.2, 0.25) is 0 Å². The van der Waals surface area contributed by atoms with Crippen molar-refractivity contribution in [3.63, 3.8) is 0 Å². The molecule has 0 radical (unpaired) electrons. The van der Waals surface area contributed by atoms with Crippen LogP contribution < -0.4 is 15.4 Å². The van der Waals surface area contributed by atoms with Gasteiger partial charge in [-0.05, 0) is 61.8 Å². The molecule has 0 aromatic heterocycles. The van der Waals surface area contributed by atoms with E-state index in [1.54, 1.807) is 22.5 Å². The van der Waals surface area contributed by atoms with Gasteiger partial charge in [-0.15, -0.1) is 0 Å². The Labute approximate surface area is 171 Å². The van der Waals surface area contributed by atoms with E-state index in [4.69, 9.17) is 17.0 Å². The van der Waals surface area contributed by atoms with E-state index in [0.29, 0.717) is 29.6 Å². The third-order valence-corrected chi connectivity index (χ3v) is 6.86. The van der Waals surface area contributed by atoms with Crippen molar-refractivity contribution < 1.29 is 13.2 Å². The number of hydrogen-bond acceptors (Lipinski definition) is 4. The number of rotatable bonds is 5. The molecule has 0 spiro atoms. The van der Waals surface area contributed by atoms with Crippen LogP contribution in [-0.4, -0.2) is 38.0 Å². The predicted octanol–water partition coefficient (Wildman–Crippen LogP) is 3.99. The van der Waals surface area contributed by atoms with Gasteiger partial charge in [-0.3, -0.25) is 0 Å². The highest BCUT2D eigenvalue weighted by Crippen LogP contribution is 2.30. The molecule has 0 atom stereocenters. The maximum Gasteiger partial charge on any atom is 0.243 e. The number of anilines is 2. The van der Waals surface area contributed by atoms with Gasteiger partial charge in [0.05, 0.1) is 17.7 Å². The molecule has 3 rings (SSSR count). The highest BCUT2D eigenvalue weighted by atomic mass is 32.2. The molecule has 6 nitrogen and oxygen atoms in total. The second kappa shape index (κ2) is 8.89. The maximum atomic E-state index is 13.0. The summed E-state index contributed by atoms with van der Waals surface area (Å²) in [6, 6.07) is 12.6. The molecule has 0 amide bonds. The highest BCUT2D eigenvalue weighted by molar-refractivity contribution is 7.89. The van der Waals surface area contributed by atoms with Crippen LogP contribution in [0.25, 0.3) is 0 Å².